The van der Waals surface area contributed by atoms with Crippen LogP contribution in [-0.4, -0.2) is 49.3 Å². The van der Waals surface area contributed by atoms with Crippen LogP contribution in [0.2, 0.25) is 0 Å². The van der Waals surface area contributed by atoms with E-state index < -0.39 is 0 Å². The van der Waals surface area contributed by atoms with Crippen LogP contribution >= 0.6 is 0 Å². The number of hydrogen-bond donors (Lipinski definition) is 2. The van der Waals surface area contributed by atoms with Gasteiger partial charge in [-0.15, -0.1) is 0 Å². The Bertz CT molecular complexity index is 474. The van der Waals surface area contributed by atoms with Crippen molar-refractivity contribution in [2.45, 2.75) is 12.3 Å². The molecule has 1 aliphatic carbocycles. The number of hydrogen-bond acceptors (Lipinski definition) is 4. The van der Waals surface area contributed by atoms with Crippen molar-refractivity contribution >= 4 is 5.96 Å². The van der Waals surface area contributed by atoms with Gasteiger partial charge in [-0.25, -0.2) is 0 Å². The van der Waals surface area contributed by atoms with E-state index in [0.717, 1.165) is 32.0 Å². The lowest BCUT2D eigenvalue weighted by molar-refractivity contribution is 0.207. The molecule has 2 aliphatic rings. The summed E-state index contributed by atoms with van der Waals surface area (Å²) in [5.41, 5.74) is 1.33. The zero-order valence-electron chi connectivity index (χ0n) is 11.3. The minimum Gasteiger partial charge on any atom is -0.396 e. The Kier molecular flexibility index (Phi) is 3.19. The van der Waals surface area contributed by atoms with Crippen molar-refractivity contribution < 1.29 is 5.11 Å². The predicted octanol–water partition coefficient (Wildman–Crippen LogP) is 1.04. The Labute approximate surface area is 114 Å². The van der Waals surface area contributed by atoms with Crippen molar-refractivity contribution in [2.75, 3.05) is 33.3 Å². The summed E-state index contributed by atoms with van der Waals surface area (Å²) in [5.74, 6) is 1.44. The molecule has 0 spiro atoms. The molecular formula is C15H21N3O. The summed E-state index contributed by atoms with van der Waals surface area (Å²) in [6.07, 6.45) is 1.05. The van der Waals surface area contributed by atoms with Gasteiger partial charge in [-0.05, 0) is 17.9 Å². The van der Waals surface area contributed by atoms with Gasteiger partial charge < -0.3 is 15.3 Å². The van der Waals surface area contributed by atoms with Crippen LogP contribution in [0.15, 0.2) is 35.3 Å². The zero-order valence-corrected chi connectivity index (χ0v) is 11.3. The molecule has 1 aromatic rings. The number of benzene rings is 1. The topological polar surface area (TPSA) is 47.9 Å². The number of likely N-dealkylation sites (N-methyl/N-ethyl adjacent to an activating group) is 1. The molecule has 4 heteroatoms. The van der Waals surface area contributed by atoms with Crippen LogP contribution < -0.4 is 5.32 Å². The van der Waals surface area contributed by atoms with Gasteiger partial charge in [0, 0.05) is 25.6 Å². The number of aliphatic imine (C=N–C) groups is 1. The van der Waals surface area contributed by atoms with Gasteiger partial charge in [0.15, 0.2) is 5.96 Å². The minimum atomic E-state index is -0.00664. The quantitative estimate of drug-likeness (QED) is 0.849. The van der Waals surface area contributed by atoms with Gasteiger partial charge in [0.05, 0.1) is 13.2 Å². The normalized spacial score (nSPS) is 29.3. The lowest BCUT2D eigenvalue weighted by Crippen LogP contribution is -2.40. The fourth-order valence-corrected chi connectivity index (χ4v) is 2.91. The van der Waals surface area contributed by atoms with Gasteiger partial charge in [0.1, 0.15) is 0 Å². The molecule has 1 aromatic carbocycles. The maximum Gasteiger partial charge on any atom is 0.193 e. The number of rotatable bonds is 4. The van der Waals surface area contributed by atoms with Crippen LogP contribution in [0.1, 0.15) is 17.9 Å². The van der Waals surface area contributed by atoms with E-state index in [9.17, 15) is 5.11 Å². The molecule has 1 heterocycles. The average molecular weight is 259 g/mol. The molecule has 0 saturated heterocycles. The Morgan fingerprint density at radius 2 is 2.21 bits per heavy atom. The molecule has 102 valence electrons. The monoisotopic (exact) mass is 259 g/mol. The smallest absolute Gasteiger partial charge is 0.193 e. The Balaban J connectivity index is 1.63. The maximum absolute atomic E-state index is 9.73. The summed E-state index contributed by atoms with van der Waals surface area (Å²) in [6, 6.07) is 10.5. The van der Waals surface area contributed by atoms with Crippen molar-refractivity contribution in [1.82, 2.24) is 10.2 Å². The molecule has 1 saturated carbocycles. The number of guanidine groups is 1. The highest BCUT2D eigenvalue weighted by Crippen LogP contribution is 2.58. The molecule has 3 rings (SSSR count). The molecule has 0 bridgehead atoms. The Hall–Kier alpha value is -1.55. The van der Waals surface area contributed by atoms with E-state index >= 15 is 0 Å². The molecule has 2 atom stereocenters. The fraction of sp³-hybridized carbons (Fsp3) is 0.533. The van der Waals surface area contributed by atoms with Gasteiger partial charge in [0.25, 0.3) is 0 Å². The molecular weight excluding hydrogens is 238 g/mol. The Morgan fingerprint density at radius 3 is 2.84 bits per heavy atom. The van der Waals surface area contributed by atoms with E-state index in [2.05, 4.69) is 39.5 Å². The van der Waals surface area contributed by atoms with E-state index in [1.807, 2.05) is 13.1 Å². The molecule has 0 aromatic heterocycles. The second-order valence-electron chi connectivity index (χ2n) is 5.67. The molecule has 0 amide bonds. The van der Waals surface area contributed by atoms with Gasteiger partial charge in [-0.1, -0.05) is 30.3 Å². The van der Waals surface area contributed by atoms with Crippen molar-refractivity contribution in [1.29, 1.82) is 0 Å². The van der Waals surface area contributed by atoms with Crippen molar-refractivity contribution in [3.8, 4) is 0 Å². The fourth-order valence-electron chi connectivity index (χ4n) is 2.91. The summed E-state index contributed by atoms with van der Waals surface area (Å²) >= 11 is 0. The van der Waals surface area contributed by atoms with Crippen LogP contribution in [0.3, 0.4) is 0 Å². The highest BCUT2D eigenvalue weighted by Gasteiger charge is 2.54. The van der Waals surface area contributed by atoms with Gasteiger partial charge >= 0.3 is 0 Å². The number of aliphatic hydroxyl groups excluding tert-OH is 1. The first-order valence-electron chi connectivity index (χ1n) is 6.90. The second-order valence-corrected chi connectivity index (χ2v) is 5.67. The standard InChI is InChI=1S/C15H21N3O/c1-18-8-7-16-14(18)17-10-15(11-19)9-13(15)12-5-3-2-4-6-12/h2-6,13,19H,7-11H2,1H3,(H,16,17). The van der Waals surface area contributed by atoms with E-state index in [1.54, 1.807) is 0 Å². The van der Waals surface area contributed by atoms with E-state index in [4.69, 9.17) is 0 Å². The number of aliphatic hydroxyl groups is 1. The number of nitrogens with zero attached hydrogens (tertiary/aromatic N) is 2. The van der Waals surface area contributed by atoms with Crippen molar-refractivity contribution in [3.63, 3.8) is 0 Å². The third-order valence-corrected chi connectivity index (χ3v) is 4.36. The molecule has 2 N–H and O–H groups in total. The Morgan fingerprint density at radius 1 is 1.42 bits per heavy atom. The largest absolute Gasteiger partial charge is 0.396 e. The van der Waals surface area contributed by atoms with Crippen LogP contribution in [0.5, 0.6) is 0 Å². The van der Waals surface area contributed by atoms with Crippen molar-refractivity contribution in [3.05, 3.63) is 35.9 Å². The maximum atomic E-state index is 9.73. The minimum absolute atomic E-state index is 0.00664. The summed E-state index contributed by atoms with van der Waals surface area (Å²) in [4.78, 5) is 6.56. The first-order chi connectivity index (χ1) is 9.25. The summed E-state index contributed by atoms with van der Waals surface area (Å²) < 4.78 is 0. The van der Waals surface area contributed by atoms with Gasteiger partial charge in [-0.2, -0.15) is 0 Å². The lowest BCUT2D eigenvalue weighted by atomic mass is 10.00. The van der Waals surface area contributed by atoms with Crippen molar-refractivity contribution in [2.24, 2.45) is 10.4 Å². The molecule has 2 unspecified atom stereocenters. The molecule has 1 aliphatic heterocycles. The van der Waals surface area contributed by atoms with Gasteiger partial charge in [0.2, 0.25) is 0 Å². The highest BCUT2D eigenvalue weighted by molar-refractivity contribution is 5.81. The number of nitrogens with one attached hydrogen (secondary N) is 1. The van der Waals surface area contributed by atoms with Crippen LogP contribution in [-0.2, 0) is 0 Å². The van der Waals surface area contributed by atoms with Crippen LogP contribution in [0, 0.1) is 5.41 Å². The second kappa shape index (κ2) is 4.85. The molecule has 4 nitrogen and oxygen atoms in total. The average Bonchev–Trinajstić information content (AvgIpc) is 3.05. The van der Waals surface area contributed by atoms with Gasteiger partial charge in [-0.3, -0.25) is 4.99 Å². The molecule has 1 fully saturated rings. The highest BCUT2D eigenvalue weighted by atomic mass is 16.3. The third kappa shape index (κ3) is 2.32. The summed E-state index contributed by atoms with van der Waals surface area (Å²) in [7, 11) is 2.05. The van der Waals surface area contributed by atoms with E-state index in [1.165, 1.54) is 5.56 Å². The summed E-state index contributed by atoms with van der Waals surface area (Å²) in [6.45, 7) is 2.88. The SMILES string of the molecule is CN1CCN=C1NCC1(CO)CC1c1ccccc1. The van der Waals surface area contributed by atoms with Crippen LogP contribution in [0.4, 0.5) is 0 Å². The molecule has 19 heavy (non-hydrogen) atoms. The van der Waals surface area contributed by atoms with E-state index in [-0.39, 0.29) is 12.0 Å². The van der Waals surface area contributed by atoms with Crippen LogP contribution in [0.25, 0.3) is 0 Å². The first kappa shape index (κ1) is 12.5. The zero-order chi connectivity index (χ0) is 13.3. The third-order valence-electron chi connectivity index (χ3n) is 4.36. The summed E-state index contributed by atoms with van der Waals surface area (Å²) in [5, 5.41) is 13.1. The van der Waals surface area contributed by atoms with E-state index in [0.29, 0.717) is 5.92 Å². The predicted molar refractivity (Wildman–Crippen MR) is 76.3 cm³/mol. The molecule has 0 radical (unpaired) electrons. The first-order valence-corrected chi connectivity index (χ1v) is 6.90. The lowest BCUT2D eigenvalue weighted by Gasteiger charge is -2.20.